The van der Waals surface area contributed by atoms with Gasteiger partial charge in [-0.3, -0.25) is 4.79 Å². The highest BCUT2D eigenvalue weighted by Crippen LogP contribution is 2.38. The SMILES string of the molecule is Cc1cc(-c2cnc3[nH]cc(-c4ccc(C(=O)N(C)CC(C)(C)O)cc4)c3n2)cc2c1N1CCN(C)CC1CC2. The zero-order chi connectivity index (χ0) is 28.2. The molecule has 8 heteroatoms. The minimum Gasteiger partial charge on any atom is -0.389 e. The molecular weight excluding hydrogens is 500 g/mol. The molecule has 40 heavy (non-hydrogen) atoms. The molecule has 208 valence electrons. The number of nitrogens with zero attached hydrogens (tertiary/aromatic N) is 5. The highest BCUT2D eigenvalue weighted by Gasteiger charge is 2.32. The standard InChI is InChI=1S/C32H38N6O2/c1-20-14-24(15-23-10-11-25-18-36(4)12-13-38(25)29(20)23)27-17-34-30-28(35-27)26(16-33-30)21-6-8-22(9-7-21)31(39)37(5)19-32(2,3)40/h6-9,14-17,25,40H,10-13,18-19H2,1-5H3,(H,33,34). The minimum absolute atomic E-state index is 0.125. The lowest BCUT2D eigenvalue weighted by Gasteiger charge is -2.46. The Hall–Kier alpha value is -3.75. The fraction of sp³-hybridized carbons (Fsp3) is 0.406. The minimum atomic E-state index is -0.950. The maximum absolute atomic E-state index is 12.8. The Morgan fingerprint density at radius 2 is 1.95 bits per heavy atom. The monoisotopic (exact) mass is 538 g/mol. The van der Waals surface area contributed by atoms with Crippen molar-refractivity contribution in [3.63, 3.8) is 0 Å². The lowest BCUT2D eigenvalue weighted by atomic mass is 9.89. The first-order chi connectivity index (χ1) is 19.1. The number of hydrogen-bond acceptors (Lipinski definition) is 6. The van der Waals surface area contributed by atoms with Crippen LogP contribution in [-0.2, 0) is 6.42 Å². The number of carbonyl (C=O) groups excluding carboxylic acids is 1. The zero-order valence-corrected chi connectivity index (χ0v) is 24.0. The molecule has 1 unspecified atom stereocenters. The summed E-state index contributed by atoms with van der Waals surface area (Å²) < 4.78 is 0. The van der Waals surface area contributed by atoms with E-state index >= 15 is 0 Å². The van der Waals surface area contributed by atoms with Crippen LogP contribution in [0.2, 0.25) is 0 Å². The topological polar surface area (TPSA) is 88.6 Å². The quantitative estimate of drug-likeness (QED) is 0.389. The van der Waals surface area contributed by atoms with Crippen molar-refractivity contribution < 1.29 is 9.90 Å². The van der Waals surface area contributed by atoms with Crippen LogP contribution in [-0.4, -0.2) is 87.7 Å². The van der Waals surface area contributed by atoms with E-state index in [1.807, 2.05) is 36.7 Å². The smallest absolute Gasteiger partial charge is 0.253 e. The van der Waals surface area contributed by atoms with Gasteiger partial charge in [-0.2, -0.15) is 0 Å². The first kappa shape index (κ1) is 26.5. The van der Waals surface area contributed by atoms with Crippen LogP contribution in [0.1, 0.15) is 41.8 Å². The summed E-state index contributed by atoms with van der Waals surface area (Å²) in [5, 5.41) is 10.1. The third kappa shape index (κ3) is 4.97. The van der Waals surface area contributed by atoms with Gasteiger partial charge in [0.15, 0.2) is 5.65 Å². The van der Waals surface area contributed by atoms with E-state index in [0.29, 0.717) is 11.6 Å². The van der Waals surface area contributed by atoms with Gasteiger partial charge in [0.1, 0.15) is 5.52 Å². The molecule has 2 aliphatic rings. The number of hydrogen-bond donors (Lipinski definition) is 2. The molecule has 1 saturated heterocycles. The van der Waals surface area contributed by atoms with E-state index in [1.165, 1.54) is 23.2 Å². The molecule has 4 heterocycles. The van der Waals surface area contributed by atoms with Crippen molar-refractivity contribution in [1.29, 1.82) is 0 Å². The fourth-order valence-electron chi connectivity index (χ4n) is 6.39. The van der Waals surface area contributed by atoms with Crippen LogP contribution >= 0.6 is 0 Å². The second-order valence-corrected chi connectivity index (χ2v) is 12.2. The third-order valence-corrected chi connectivity index (χ3v) is 8.19. The fourth-order valence-corrected chi connectivity index (χ4v) is 6.39. The first-order valence-corrected chi connectivity index (χ1v) is 14.1. The van der Waals surface area contributed by atoms with Gasteiger partial charge in [0.2, 0.25) is 0 Å². The van der Waals surface area contributed by atoms with E-state index in [9.17, 15) is 9.90 Å². The van der Waals surface area contributed by atoms with Crippen molar-refractivity contribution in [2.24, 2.45) is 0 Å². The number of anilines is 1. The summed E-state index contributed by atoms with van der Waals surface area (Å²) in [7, 11) is 3.93. The van der Waals surface area contributed by atoms with Crippen molar-refractivity contribution in [2.45, 2.75) is 45.3 Å². The average molecular weight is 539 g/mol. The van der Waals surface area contributed by atoms with Crippen LogP contribution in [0.5, 0.6) is 0 Å². The van der Waals surface area contributed by atoms with Gasteiger partial charge >= 0.3 is 0 Å². The van der Waals surface area contributed by atoms with E-state index in [0.717, 1.165) is 59.6 Å². The van der Waals surface area contributed by atoms with Crippen molar-refractivity contribution >= 4 is 22.8 Å². The predicted molar refractivity (Wildman–Crippen MR) is 160 cm³/mol. The molecule has 4 aromatic rings. The van der Waals surface area contributed by atoms with Gasteiger partial charge in [0, 0.05) is 67.8 Å². The van der Waals surface area contributed by atoms with Crippen LogP contribution in [0.4, 0.5) is 5.69 Å². The molecule has 2 N–H and O–H groups in total. The molecule has 0 aliphatic carbocycles. The van der Waals surface area contributed by atoms with E-state index in [2.05, 4.69) is 40.9 Å². The first-order valence-electron chi connectivity index (χ1n) is 14.1. The summed E-state index contributed by atoms with van der Waals surface area (Å²) >= 11 is 0. The number of aromatic nitrogens is 3. The number of aromatic amines is 1. The molecular formula is C32H38N6O2. The molecule has 1 amide bonds. The molecule has 1 atom stereocenters. The molecule has 1 fully saturated rings. The molecule has 0 bridgehead atoms. The van der Waals surface area contributed by atoms with E-state index in [4.69, 9.17) is 9.97 Å². The summed E-state index contributed by atoms with van der Waals surface area (Å²) in [6, 6.07) is 12.7. The Labute approximate surface area is 235 Å². The van der Waals surface area contributed by atoms with Gasteiger partial charge in [-0.15, -0.1) is 0 Å². The van der Waals surface area contributed by atoms with Gasteiger partial charge in [-0.05, 0) is 81.6 Å². The average Bonchev–Trinajstić information content (AvgIpc) is 3.34. The zero-order valence-electron chi connectivity index (χ0n) is 24.0. The van der Waals surface area contributed by atoms with Crippen molar-refractivity contribution in [1.82, 2.24) is 24.8 Å². The summed E-state index contributed by atoms with van der Waals surface area (Å²) in [6.45, 7) is 9.17. The lowest BCUT2D eigenvalue weighted by Crippen LogP contribution is -2.54. The molecule has 2 aromatic heterocycles. The van der Waals surface area contributed by atoms with E-state index in [-0.39, 0.29) is 12.5 Å². The largest absolute Gasteiger partial charge is 0.389 e. The van der Waals surface area contributed by atoms with Crippen molar-refractivity contribution in [3.8, 4) is 22.4 Å². The van der Waals surface area contributed by atoms with Crippen LogP contribution in [0.25, 0.3) is 33.5 Å². The molecule has 2 aliphatic heterocycles. The highest BCUT2D eigenvalue weighted by molar-refractivity contribution is 5.96. The summed E-state index contributed by atoms with van der Waals surface area (Å²) in [5.74, 6) is -0.125. The number of benzene rings is 2. The number of H-pyrrole nitrogens is 1. The van der Waals surface area contributed by atoms with Crippen molar-refractivity contribution in [2.75, 3.05) is 45.2 Å². The van der Waals surface area contributed by atoms with Gasteiger partial charge in [-0.1, -0.05) is 12.1 Å². The Bertz CT molecular complexity index is 1570. The maximum atomic E-state index is 12.8. The Balaban J connectivity index is 1.29. The lowest BCUT2D eigenvalue weighted by molar-refractivity contribution is 0.0368. The van der Waals surface area contributed by atoms with Crippen molar-refractivity contribution in [3.05, 3.63) is 65.5 Å². The van der Waals surface area contributed by atoms with Crippen LogP contribution in [0.3, 0.4) is 0 Å². The molecule has 2 aromatic carbocycles. The number of aliphatic hydroxyl groups is 1. The van der Waals surface area contributed by atoms with Crippen LogP contribution in [0.15, 0.2) is 48.8 Å². The van der Waals surface area contributed by atoms with Crippen LogP contribution in [0, 0.1) is 6.92 Å². The second-order valence-electron chi connectivity index (χ2n) is 12.2. The van der Waals surface area contributed by atoms with E-state index < -0.39 is 5.60 Å². The Morgan fingerprint density at radius 1 is 1.18 bits per heavy atom. The number of piperazine rings is 1. The number of fused-ring (bicyclic) bond motifs is 4. The number of nitrogens with one attached hydrogen (secondary N) is 1. The van der Waals surface area contributed by atoms with Crippen LogP contribution < -0.4 is 4.90 Å². The predicted octanol–water partition coefficient (Wildman–Crippen LogP) is 4.51. The number of likely N-dealkylation sites (N-methyl/N-ethyl adjacent to an activating group) is 2. The highest BCUT2D eigenvalue weighted by atomic mass is 16.3. The van der Waals surface area contributed by atoms with E-state index in [1.54, 1.807) is 25.8 Å². The molecule has 0 saturated carbocycles. The van der Waals surface area contributed by atoms with Gasteiger partial charge in [0.25, 0.3) is 5.91 Å². The number of aryl methyl sites for hydroxylation is 2. The normalized spacial score (nSPS) is 17.6. The van der Waals surface area contributed by atoms with Gasteiger partial charge < -0.3 is 24.8 Å². The molecule has 8 nitrogen and oxygen atoms in total. The maximum Gasteiger partial charge on any atom is 0.253 e. The van der Waals surface area contributed by atoms with Gasteiger partial charge in [0.05, 0.1) is 17.5 Å². The number of amides is 1. The second kappa shape index (κ2) is 10.0. The number of carbonyl (C=O) groups is 1. The molecule has 6 rings (SSSR count). The molecule has 0 radical (unpaired) electrons. The summed E-state index contributed by atoms with van der Waals surface area (Å²) in [5.41, 5.74) is 9.15. The Morgan fingerprint density at radius 3 is 2.70 bits per heavy atom. The van der Waals surface area contributed by atoms with Gasteiger partial charge in [-0.25, -0.2) is 9.97 Å². The number of rotatable bonds is 5. The summed E-state index contributed by atoms with van der Waals surface area (Å²) in [6.07, 6.45) is 6.04. The third-order valence-electron chi connectivity index (χ3n) is 8.19. The summed E-state index contributed by atoms with van der Waals surface area (Å²) in [4.78, 5) is 32.5. The Kier molecular flexibility index (Phi) is 6.63. The molecule has 0 spiro atoms.